The Bertz CT molecular complexity index is 1030. The lowest BCUT2D eigenvalue weighted by atomic mass is 10.2. The molecule has 4 rings (SSSR count). The summed E-state index contributed by atoms with van der Waals surface area (Å²) in [5.74, 6) is 1.34. The van der Waals surface area contributed by atoms with E-state index in [0.717, 1.165) is 17.1 Å². The Labute approximate surface area is 150 Å². The minimum absolute atomic E-state index is 0.199. The smallest absolute Gasteiger partial charge is 0.258 e. The number of imidazole rings is 1. The molecule has 0 saturated carbocycles. The second kappa shape index (κ2) is 6.68. The van der Waals surface area contributed by atoms with Crippen LogP contribution in [0.5, 0.6) is 0 Å². The van der Waals surface area contributed by atoms with Crippen molar-refractivity contribution in [1.29, 1.82) is 0 Å². The molecule has 0 aliphatic carbocycles. The third-order valence-electron chi connectivity index (χ3n) is 3.98. The molecule has 6 heteroatoms. The summed E-state index contributed by atoms with van der Waals surface area (Å²) in [6.07, 6.45) is 8.59. The van der Waals surface area contributed by atoms with Crippen LogP contribution < -0.4 is 5.32 Å². The molecule has 0 unspecified atom stereocenters. The number of nitrogens with zero attached hydrogens (tertiary/aromatic N) is 3. The first-order chi connectivity index (χ1) is 12.7. The second-order valence-electron chi connectivity index (χ2n) is 5.80. The van der Waals surface area contributed by atoms with Gasteiger partial charge < -0.3 is 9.73 Å². The van der Waals surface area contributed by atoms with Gasteiger partial charge in [0.05, 0.1) is 5.56 Å². The molecule has 6 nitrogen and oxygen atoms in total. The van der Waals surface area contributed by atoms with Gasteiger partial charge in [0.2, 0.25) is 0 Å². The van der Waals surface area contributed by atoms with Crippen LogP contribution in [0.4, 0.5) is 5.69 Å². The summed E-state index contributed by atoms with van der Waals surface area (Å²) in [6.45, 7) is 1.80. The molecule has 3 heterocycles. The molecule has 0 aliphatic heterocycles. The Morgan fingerprint density at radius 1 is 1.08 bits per heavy atom. The summed E-state index contributed by atoms with van der Waals surface area (Å²) in [6, 6.07) is 13.1. The predicted molar refractivity (Wildman–Crippen MR) is 98.2 cm³/mol. The fourth-order valence-electron chi connectivity index (χ4n) is 2.70. The van der Waals surface area contributed by atoms with Gasteiger partial charge in [-0.3, -0.25) is 14.3 Å². The van der Waals surface area contributed by atoms with Crippen molar-refractivity contribution in [1.82, 2.24) is 14.5 Å². The van der Waals surface area contributed by atoms with Crippen molar-refractivity contribution in [3.63, 3.8) is 0 Å². The zero-order valence-electron chi connectivity index (χ0n) is 14.1. The fourth-order valence-corrected chi connectivity index (χ4v) is 2.70. The van der Waals surface area contributed by atoms with E-state index in [1.54, 1.807) is 31.6 Å². The maximum Gasteiger partial charge on any atom is 0.258 e. The van der Waals surface area contributed by atoms with Crippen LogP contribution in [0.2, 0.25) is 0 Å². The standard InChI is InChI=1S/C20H16N4O2/c1-14-12-16(13-26-14)20(25)23-17-2-4-18(5-3-17)24-11-10-22-19(24)15-6-8-21-9-7-15/h2-13H,1H3,(H,23,25). The van der Waals surface area contributed by atoms with E-state index in [4.69, 9.17) is 4.42 Å². The number of hydrogen-bond donors (Lipinski definition) is 1. The van der Waals surface area contributed by atoms with Crippen molar-refractivity contribution in [3.05, 3.63) is 84.8 Å². The maximum absolute atomic E-state index is 12.2. The number of amides is 1. The van der Waals surface area contributed by atoms with Crippen molar-refractivity contribution < 1.29 is 9.21 Å². The molecule has 26 heavy (non-hydrogen) atoms. The number of nitrogens with one attached hydrogen (secondary N) is 1. The summed E-state index contributed by atoms with van der Waals surface area (Å²) >= 11 is 0. The van der Waals surface area contributed by atoms with Gasteiger partial charge in [0.1, 0.15) is 17.8 Å². The molecule has 0 fully saturated rings. The largest absolute Gasteiger partial charge is 0.469 e. The highest BCUT2D eigenvalue weighted by Crippen LogP contribution is 2.22. The summed E-state index contributed by atoms with van der Waals surface area (Å²) < 4.78 is 7.16. The lowest BCUT2D eigenvalue weighted by Gasteiger charge is -2.09. The van der Waals surface area contributed by atoms with Gasteiger partial charge in [0.15, 0.2) is 0 Å². The predicted octanol–water partition coefficient (Wildman–Crippen LogP) is 4.09. The number of hydrogen-bond acceptors (Lipinski definition) is 4. The van der Waals surface area contributed by atoms with Crippen molar-refractivity contribution in [2.75, 3.05) is 5.32 Å². The van der Waals surface area contributed by atoms with E-state index >= 15 is 0 Å². The SMILES string of the molecule is Cc1cc(C(=O)Nc2ccc(-n3ccnc3-c3ccncc3)cc2)co1. The minimum atomic E-state index is -0.199. The van der Waals surface area contributed by atoms with Gasteiger partial charge in [-0.15, -0.1) is 0 Å². The van der Waals surface area contributed by atoms with Crippen molar-refractivity contribution in [2.45, 2.75) is 6.92 Å². The van der Waals surface area contributed by atoms with Crippen LogP contribution in [0.3, 0.4) is 0 Å². The van der Waals surface area contributed by atoms with Gasteiger partial charge in [0.25, 0.3) is 5.91 Å². The van der Waals surface area contributed by atoms with Crippen LogP contribution in [0.15, 0.2) is 77.9 Å². The Hall–Kier alpha value is -3.67. The quantitative estimate of drug-likeness (QED) is 0.605. The zero-order valence-corrected chi connectivity index (χ0v) is 14.1. The van der Waals surface area contributed by atoms with E-state index in [0.29, 0.717) is 17.0 Å². The van der Waals surface area contributed by atoms with E-state index in [2.05, 4.69) is 15.3 Å². The molecule has 1 amide bonds. The number of furan rings is 1. The number of benzene rings is 1. The monoisotopic (exact) mass is 344 g/mol. The average molecular weight is 344 g/mol. The first kappa shape index (κ1) is 15.8. The number of anilines is 1. The topological polar surface area (TPSA) is 73.0 Å². The van der Waals surface area contributed by atoms with Crippen molar-refractivity contribution >= 4 is 11.6 Å². The molecule has 0 aliphatic rings. The molecular formula is C20H16N4O2. The lowest BCUT2D eigenvalue weighted by Crippen LogP contribution is -2.10. The van der Waals surface area contributed by atoms with E-state index in [-0.39, 0.29) is 5.91 Å². The highest BCUT2D eigenvalue weighted by molar-refractivity contribution is 6.04. The molecule has 0 bridgehead atoms. The summed E-state index contributed by atoms with van der Waals surface area (Å²) in [4.78, 5) is 20.7. The average Bonchev–Trinajstić information content (AvgIpc) is 3.32. The number of aryl methyl sites for hydroxylation is 1. The Morgan fingerprint density at radius 2 is 1.85 bits per heavy atom. The number of aromatic nitrogens is 3. The van der Waals surface area contributed by atoms with Gasteiger partial charge in [-0.25, -0.2) is 4.98 Å². The van der Waals surface area contributed by atoms with Crippen molar-refractivity contribution in [3.8, 4) is 17.1 Å². The summed E-state index contributed by atoms with van der Waals surface area (Å²) in [5, 5.41) is 2.86. The molecule has 3 aromatic heterocycles. The van der Waals surface area contributed by atoms with Crippen LogP contribution >= 0.6 is 0 Å². The van der Waals surface area contributed by atoms with Crippen LogP contribution in [-0.4, -0.2) is 20.4 Å². The van der Waals surface area contributed by atoms with E-state index in [1.165, 1.54) is 6.26 Å². The van der Waals surface area contributed by atoms with Gasteiger partial charge in [0, 0.05) is 41.7 Å². The second-order valence-corrected chi connectivity index (χ2v) is 5.80. The number of carbonyl (C=O) groups is 1. The molecule has 128 valence electrons. The fraction of sp³-hybridized carbons (Fsp3) is 0.0500. The first-order valence-corrected chi connectivity index (χ1v) is 8.11. The van der Waals surface area contributed by atoms with E-state index in [1.807, 2.05) is 47.2 Å². The molecule has 0 atom stereocenters. The Morgan fingerprint density at radius 3 is 2.54 bits per heavy atom. The molecule has 0 spiro atoms. The molecular weight excluding hydrogens is 328 g/mol. The van der Waals surface area contributed by atoms with Crippen molar-refractivity contribution in [2.24, 2.45) is 0 Å². The summed E-state index contributed by atoms with van der Waals surface area (Å²) in [7, 11) is 0. The third kappa shape index (κ3) is 3.12. The van der Waals surface area contributed by atoms with Gasteiger partial charge in [-0.2, -0.15) is 0 Å². The lowest BCUT2D eigenvalue weighted by molar-refractivity contribution is 0.102. The third-order valence-corrected chi connectivity index (χ3v) is 3.98. The maximum atomic E-state index is 12.2. The summed E-state index contributed by atoms with van der Waals surface area (Å²) in [5.41, 5.74) is 3.15. The van der Waals surface area contributed by atoms with E-state index < -0.39 is 0 Å². The minimum Gasteiger partial charge on any atom is -0.469 e. The Kier molecular flexibility index (Phi) is 4.07. The molecule has 0 saturated heterocycles. The molecule has 1 aromatic carbocycles. The van der Waals surface area contributed by atoms with Gasteiger partial charge in [-0.05, 0) is 49.4 Å². The highest BCUT2D eigenvalue weighted by Gasteiger charge is 2.10. The molecule has 1 N–H and O–H groups in total. The van der Waals surface area contributed by atoms with Crippen LogP contribution in [-0.2, 0) is 0 Å². The number of pyridine rings is 1. The van der Waals surface area contributed by atoms with Gasteiger partial charge >= 0.3 is 0 Å². The normalized spacial score (nSPS) is 10.7. The number of carbonyl (C=O) groups excluding carboxylic acids is 1. The first-order valence-electron chi connectivity index (χ1n) is 8.11. The van der Waals surface area contributed by atoms with Gasteiger partial charge in [-0.1, -0.05) is 0 Å². The van der Waals surface area contributed by atoms with Crippen LogP contribution in [0, 0.1) is 6.92 Å². The highest BCUT2D eigenvalue weighted by atomic mass is 16.3. The molecule has 4 aromatic rings. The zero-order chi connectivity index (χ0) is 17.9. The molecule has 0 radical (unpaired) electrons. The van der Waals surface area contributed by atoms with E-state index in [9.17, 15) is 4.79 Å². The Balaban J connectivity index is 1.56. The van der Waals surface area contributed by atoms with Crippen LogP contribution in [0.1, 0.15) is 16.1 Å². The van der Waals surface area contributed by atoms with Crippen LogP contribution in [0.25, 0.3) is 17.1 Å². The number of rotatable bonds is 4.